The zero-order valence-corrected chi connectivity index (χ0v) is 10.7. The Hall–Kier alpha value is -0.930. The molecular formula is C13H22N2O. The van der Waals surface area contributed by atoms with Gasteiger partial charge in [0, 0.05) is 32.1 Å². The second kappa shape index (κ2) is 5.97. The van der Waals surface area contributed by atoms with E-state index in [9.17, 15) is 0 Å². The van der Waals surface area contributed by atoms with Crippen molar-refractivity contribution < 1.29 is 4.74 Å². The Labute approximate surface area is 98.2 Å². The Bertz CT molecular complexity index is 323. The third-order valence-electron chi connectivity index (χ3n) is 2.35. The van der Waals surface area contributed by atoms with Crippen molar-refractivity contribution in [3.05, 3.63) is 29.6 Å². The molecule has 3 nitrogen and oxygen atoms in total. The van der Waals surface area contributed by atoms with E-state index in [4.69, 9.17) is 4.74 Å². The summed E-state index contributed by atoms with van der Waals surface area (Å²) >= 11 is 0. The highest BCUT2D eigenvalue weighted by Crippen LogP contribution is 2.07. The lowest BCUT2D eigenvalue weighted by Crippen LogP contribution is -2.37. The molecule has 0 aliphatic rings. The lowest BCUT2D eigenvalue weighted by atomic mass is 10.1. The van der Waals surface area contributed by atoms with Crippen LogP contribution < -0.4 is 5.32 Å². The van der Waals surface area contributed by atoms with Gasteiger partial charge in [-0.25, -0.2) is 0 Å². The van der Waals surface area contributed by atoms with Gasteiger partial charge >= 0.3 is 0 Å². The molecule has 3 heteroatoms. The summed E-state index contributed by atoms with van der Waals surface area (Å²) in [5.41, 5.74) is 2.31. The van der Waals surface area contributed by atoms with E-state index in [2.05, 4.69) is 37.1 Å². The first-order chi connectivity index (χ1) is 7.53. The molecule has 16 heavy (non-hydrogen) atoms. The molecule has 0 saturated carbocycles. The molecule has 0 aromatic carbocycles. The third kappa shape index (κ3) is 4.73. The Morgan fingerprint density at radius 2 is 2.12 bits per heavy atom. The minimum atomic E-state index is -0.105. The molecule has 90 valence electrons. The topological polar surface area (TPSA) is 34.1 Å². The molecule has 1 aromatic heterocycles. The van der Waals surface area contributed by atoms with Crippen molar-refractivity contribution in [1.29, 1.82) is 0 Å². The summed E-state index contributed by atoms with van der Waals surface area (Å²) < 4.78 is 5.61. The van der Waals surface area contributed by atoms with E-state index in [1.165, 1.54) is 11.1 Å². The monoisotopic (exact) mass is 222 g/mol. The van der Waals surface area contributed by atoms with E-state index in [1.54, 1.807) is 0 Å². The van der Waals surface area contributed by atoms with Gasteiger partial charge in [0.1, 0.15) is 0 Å². The van der Waals surface area contributed by atoms with Crippen molar-refractivity contribution >= 4 is 0 Å². The summed E-state index contributed by atoms with van der Waals surface area (Å²) in [6.45, 7) is 10.7. The molecule has 1 N–H and O–H groups in total. The molecule has 1 aromatic rings. The van der Waals surface area contributed by atoms with Crippen LogP contribution in [0.15, 0.2) is 18.5 Å². The highest BCUT2D eigenvalue weighted by Gasteiger charge is 2.16. The maximum absolute atomic E-state index is 5.61. The summed E-state index contributed by atoms with van der Waals surface area (Å²) in [5, 5.41) is 3.39. The van der Waals surface area contributed by atoms with Crippen LogP contribution in [-0.2, 0) is 11.3 Å². The molecule has 1 heterocycles. The van der Waals surface area contributed by atoms with Gasteiger partial charge in [-0.3, -0.25) is 4.98 Å². The van der Waals surface area contributed by atoms with Gasteiger partial charge in [0.15, 0.2) is 0 Å². The van der Waals surface area contributed by atoms with E-state index in [0.29, 0.717) is 0 Å². The highest BCUT2D eigenvalue weighted by molar-refractivity contribution is 5.16. The number of aromatic nitrogens is 1. The molecule has 0 radical (unpaired) electrons. The molecule has 0 saturated heterocycles. The van der Waals surface area contributed by atoms with Crippen LogP contribution in [0.2, 0.25) is 0 Å². The first-order valence-corrected chi connectivity index (χ1v) is 5.79. The van der Waals surface area contributed by atoms with Gasteiger partial charge in [0.05, 0.1) is 5.60 Å². The predicted octanol–water partition coefficient (Wildman–Crippen LogP) is 2.29. The van der Waals surface area contributed by atoms with Crippen LogP contribution in [0.4, 0.5) is 0 Å². The molecule has 0 amide bonds. The van der Waals surface area contributed by atoms with Crippen molar-refractivity contribution in [2.75, 3.05) is 13.2 Å². The lowest BCUT2D eigenvalue weighted by molar-refractivity contribution is -0.00897. The average molecular weight is 222 g/mol. The first kappa shape index (κ1) is 13.1. The fraction of sp³-hybridized carbons (Fsp3) is 0.615. The number of ether oxygens (including phenoxy) is 1. The summed E-state index contributed by atoms with van der Waals surface area (Å²) in [6.07, 6.45) is 3.77. The lowest BCUT2D eigenvalue weighted by Gasteiger charge is -2.25. The molecule has 1 rings (SSSR count). The average Bonchev–Trinajstić information content (AvgIpc) is 2.17. The van der Waals surface area contributed by atoms with Gasteiger partial charge in [0.25, 0.3) is 0 Å². The number of nitrogens with zero attached hydrogens (tertiary/aromatic N) is 1. The van der Waals surface area contributed by atoms with Gasteiger partial charge in [-0.15, -0.1) is 0 Å². The number of pyridine rings is 1. The van der Waals surface area contributed by atoms with Gasteiger partial charge < -0.3 is 10.1 Å². The standard InChI is InChI=1S/C13H22N2O/c1-5-16-13(3,4)10-15-9-12-6-11(2)7-14-8-12/h6-8,15H,5,9-10H2,1-4H3. The second-order valence-electron chi connectivity index (χ2n) is 4.67. The van der Waals surface area contributed by atoms with Crippen LogP contribution in [0, 0.1) is 6.92 Å². The van der Waals surface area contributed by atoms with Crippen LogP contribution in [-0.4, -0.2) is 23.7 Å². The van der Waals surface area contributed by atoms with Crippen molar-refractivity contribution in [2.45, 2.75) is 39.8 Å². The fourth-order valence-electron chi connectivity index (χ4n) is 1.66. The number of hydrogen-bond acceptors (Lipinski definition) is 3. The van der Waals surface area contributed by atoms with Crippen molar-refractivity contribution in [2.24, 2.45) is 0 Å². The van der Waals surface area contributed by atoms with Gasteiger partial charge in [-0.1, -0.05) is 6.07 Å². The predicted molar refractivity (Wildman–Crippen MR) is 66.4 cm³/mol. The maximum atomic E-state index is 5.61. The number of hydrogen-bond donors (Lipinski definition) is 1. The van der Waals surface area contributed by atoms with Crippen molar-refractivity contribution in [3.63, 3.8) is 0 Å². The SMILES string of the molecule is CCOC(C)(C)CNCc1cncc(C)c1. The molecule has 0 aliphatic carbocycles. The van der Waals surface area contributed by atoms with Crippen LogP contribution in [0.1, 0.15) is 31.9 Å². The second-order valence-corrected chi connectivity index (χ2v) is 4.67. The van der Waals surface area contributed by atoms with Gasteiger partial charge in [-0.05, 0) is 38.8 Å². The maximum Gasteiger partial charge on any atom is 0.0750 e. The molecule has 0 unspecified atom stereocenters. The summed E-state index contributed by atoms with van der Waals surface area (Å²) in [6, 6.07) is 2.15. The van der Waals surface area contributed by atoms with Crippen molar-refractivity contribution in [3.8, 4) is 0 Å². The Morgan fingerprint density at radius 1 is 1.38 bits per heavy atom. The normalized spacial score (nSPS) is 11.8. The summed E-state index contributed by atoms with van der Waals surface area (Å²) in [4.78, 5) is 4.16. The van der Waals surface area contributed by atoms with E-state index >= 15 is 0 Å². The zero-order chi connectivity index (χ0) is 12.0. The number of rotatable bonds is 6. The van der Waals surface area contributed by atoms with Gasteiger partial charge in [-0.2, -0.15) is 0 Å². The Morgan fingerprint density at radius 3 is 2.75 bits per heavy atom. The molecule has 0 atom stereocenters. The van der Waals surface area contributed by atoms with Crippen LogP contribution >= 0.6 is 0 Å². The number of aryl methyl sites for hydroxylation is 1. The third-order valence-corrected chi connectivity index (χ3v) is 2.35. The molecular weight excluding hydrogens is 200 g/mol. The van der Waals surface area contributed by atoms with Crippen LogP contribution in [0.3, 0.4) is 0 Å². The van der Waals surface area contributed by atoms with Crippen LogP contribution in [0.25, 0.3) is 0 Å². The van der Waals surface area contributed by atoms with E-state index in [1.807, 2.05) is 19.3 Å². The molecule has 0 aliphatic heterocycles. The summed E-state index contributed by atoms with van der Waals surface area (Å²) in [7, 11) is 0. The highest BCUT2D eigenvalue weighted by atomic mass is 16.5. The van der Waals surface area contributed by atoms with E-state index in [-0.39, 0.29) is 5.60 Å². The zero-order valence-electron chi connectivity index (χ0n) is 10.7. The fourth-order valence-corrected chi connectivity index (χ4v) is 1.66. The minimum Gasteiger partial charge on any atom is -0.375 e. The van der Waals surface area contributed by atoms with Gasteiger partial charge in [0.2, 0.25) is 0 Å². The molecule has 0 bridgehead atoms. The quantitative estimate of drug-likeness (QED) is 0.802. The smallest absolute Gasteiger partial charge is 0.0750 e. The Kier molecular flexibility index (Phi) is 4.90. The van der Waals surface area contributed by atoms with Crippen LogP contribution in [0.5, 0.6) is 0 Å². The number of nitrogens with one attached hydrogen (secondary N) is 1. The first-order valence-electron chi connectivity index (χ1n) is 5.79. The largest absolute Gasteiger partial charge is 0.375 e. The molecule has 0 fully saturated rings. The van der Waals surface area contributed by atoms with Crippen molar-refractivity contribution in [1.82, 2.24) is 10.3 Å². The summed E-state index contributed by atoms with van der Waals surface area (Å²) in [5.74, 6) is 0. The minimum absolute atomic E-state index is 0.105. The van der Waals surface area contributed by atoms with E-state index < -0.39 is 0 Å². The molecule has 0 spiro atoms. The Balaban J connectivity index is 2.35. The van der Waals surface area contributed by atoms with E-state index in [0.717, 1.165) is 19.7 Å².